The van der Waals surface area contributed by atoms with Gasteiger partial charge >= 0.3 is 0 Å². The van der Waals surface area contributed by atoms with Gasteiger partial charge in [-0.1, -0.05) is 6.92 Å². The maximum absolute atomic E-state index is 14.0. The van der Waals surface area contributed by atoms with Gasteiger partial charge in [0.25, 0.3) is 17.7 Å². The van der Waals surface area contributed by atoms with E-state index in [0.717, 1.165) is 11.3 Å². The number of primary amides is 1. The summed E-state index contributed by atoms with van der Waals surface area (Å²) in [5.74, 6) is -5.10. The van der Waals surface area contributed by atoms with Gasteiger partial charge in [0, 0.05) is 36.2 Å². The van der Waals surface area contributed by atoms with Crippen molar-refractivity contribution < 1.29 is 22.8 Å². The average Bonchev–Trinajstić information content (AvgIpc) is 3.18. The lowest BCUT2D eigenvalue weighted by molar-refractivity contribution is -0.0652. The second kappa shape index (κ2) is 7.84. The normalized spacial score (nSPS) is 18.2. The molecule has 0 radical (unpaired) electrons. The van der Waals surface area contributed by atoms with E-state index in [4.69, 9.17) is 5.73 Å². The summed E-state index contributed by atoms with van der Waals surface area (Å²) in [5, 5.41) is 4.65. The van der Waals surface area contributed by atoms with E-state index in [-0.39, 0.29) is 35.8 Å². The minimum absolute atomic E-state index is 0.0251. The Balaban J connectivity index is 1.73. The third-order valence-corrected chi connectivity index (χ3v) is 6.28. The molecule has 1 atom stereocenters. The van der Waals surface area contributed by atoms with E-state index in [0.29, 0.717) is 16.6 Å². The smallest absolute Gasteiger partial charge is 0.259 e. The lowest BCUT2D eigenvalue weighted by Gasteiger charge is -2.38. The van der Waals surface area contributed by atoms with Crippen LogP contribution in [0.4, 0.5) is 24.7 Å². The second-order valence-electron chi connectivity index (χ2n) is 7.57. The number of alkyl halides is 2. The van der Waals surface area contributed by atoms with Gasteiger partial charge in [0.1, 0.15) is 11.6 Å². The molecule has 6 nitrogen and oxygen atoms in total. The fraction of sp³-hybridized carbons (Fsp3) is 0.286. The van der Waals surface area contributed by atoms with Gasteiger partial charge in [-0.3, -0.25) is 9.59 Å². The van der Waals surface area contributed by atoms with Gasteiger partial charge in [-0.15, -0.1) is 11.3 Å². The number of aromatic nitrogens is 1. The molecule has 31 heavy (non-hydrogen) atoms. The van der Waals surface area contributed by atoms with Crippen molar-refractivity contribution in [1.82, 2.24) is 4.98 Å². The molecule has 1 aliphatic heterocycles. The number of nitrogens with two attached hydrogens (primary N) is 1. The standard InChI is InChI=1S/C21H19F3N4O2S/c1-11-9-28(5-4-21(11,23)24)19-15(7-12-6-13(22)2-3-16(12)27-19)20(30)26-14-8-17(18(25)29)31-10-14/h2-3,6-8,10-11H,4-5,9H2,1H3,(H2,25,29)(H,26,30). The first kappa shape index (κ1) is 21.1. The third-order valence-electron chi connectivity index (χ3n) is 5.33. The number of pyridine rings is 1. The summed E-state index contributed by atoms with van der Waals surface area (Å²) < 4.78 is 41.7. The number of benzene rings is 1. The maximum Gasteiger partial charge on any atom is 0.259 e. The van der Waals surface area contributed by atoms with Crippen molar-refractivity contribution in [3.63, 3.8) is 0 Å². The molecule has 162 valence electrons. The van der Waals surface area contributed by atoms with Crippen molar-refractivity contribution in [1.29, 1.82) is 0 Å². The van der Waals surface area contributed by atoms with Crippen LogP contribution >= 0.6 is 11.3 Å². The Kier molecular flexibility index (Phi) is 5.34. The third kappa shape index (κ3) is 4.20. The number of nitrogens with zero attached hydrogens (tertiary/aromatic N) is 2. The highest BCUT2D eigenvalue weighted by Gasteiger charge is 2.42. The molecule has 1 fully saturated rings. The number of hydrogen-bond acceptors (Lipinski definition) is 5. The number of hydrogen-bond donors (Lipinski definition) is 2. The summed E-state index contributed by atoms with van der Waals surface area (Å²) in [6.07, 6.45) is -0.356. The molecule has 2 aromatic heterocycles. The molecule has 1 aromatic carbocycles. The molecule has 3 heterocycles. The molecule has 1 aliphatic rings. The number of fused-ring (bicyclic) bond motifs is 1. The van der Waals surface area contributed by atoms with Gasteiger partial charge < -0.3 is 16.0 Å². The molecule has 1 unspecified atom stereocenters. The predicted molar refractivity (Wildman–Crippen MR) is 113 cm³/mol. The molecule has 10 heteroatoms. The van der Waals surface area contributed by atoms with Crippen molar-refractivity contribution >= 4 is 45.6 Å². The van der Waals surface area contributed by atoms with Crippen molar-refractivity contribution in [3.8, 4) is 0 Å². The summed E-state index contributed by atoms with van der Waals surface area (Å²) in [5.41, 5.74) is 6.19. The summed E-state index contributed by atoms with van der Waals surface area (Å²) in [6, 6.07) is 6.93. The fourth-order valence-corrected chi connectivity index (χ4v) is 4.25. The minimum Gasteiger partial charge on any atom is -0.365 e. The lowest BCUT2D eigenvalue weighted by atomic mass is 9.95. The van der Waals surface area contributed by atoms with Crippen LogP contribution in [0.5, 0.6) is 0 Å². The molecule has 0 spiro atoms. The first-order valence-corrected chi connectivity index (χ1v) is 10.4. The number of rotatable bonds is 4. The van der Waals surface area contributed by atoms with Crippen LogP contribution in [0.2, 0.25) is 0 Å². The van der Waals surface area contributed by atoms with Crippen molar-refractivity contribution in [2.45, 2.75) is 19.3 Å². The first-order chi connectivity index (χ1) is 14.6. The van der Waals surface area contributed by atoms with Crippen LogP contribution in [-0.2, 0) is 0 Å². The number of amides is 2. The van der Waals surface area contributed by atoms with E-state index in [1.807, 2.05) is 0 Å². The zero-order valence-corrected chi connectivity index (χ0v) is 17.3. The molecule has 0 aliphatic carbocycles. The Morgan fingerprint density at radius 2 is 2.06 bits per heavy atom. The maximum atomic E-state index is 14.0. The Bertz CT molecular complexity index is 1180. The van der Waals surface area contributed by atoms with Gasteiger partial charge in [0.2, 0.25) is 0 Å². The highest BCUT2D eigenvalue weighted by atomic mass is 32.1. The Labute approximate surface area is 179 Å². The lowest BCUT2D eigenvalue weighted by Crippen LogP contribution is -2.46. The van der Waals surface area contributed by atoms with Crippen LogP contribution in [0.1, 0.15) is 33.4 Å². The highest BCUT2D eigenvalue weighted by molar-refractivity contribution is 7.12. The number of halogens is 3. The summed E-state index contributed by atoms with van der Waals surface area (Å²) in [7, 11) is 0. The molecule has 3 aromatic rings. The molecular weight excluding hydrogens is 429 g/mol. The highest BCUT2D eigenvalue weighted by Crippen LogP contribution is 2.36. The van der Waals surface area contributed by atoms with Crippen molar-refractivity contribution in [2.24, 2.45) is 11.7 Å². The SMILES string of the molecule is CC1CN(c2nc3ccc(F)cc3cc2C(=O)Nc2csc(C(N)=O)c2)CCC1(F)F. The van der Waals surface area contributed by atoms with E-state index >= 15 is 0 Å². The summed E-state index contributed by atoms with van der Waals surface area (Å²) >= 11 is 1.08. The van der Waals surface area contributed by atoms with Crippen LogP contribution in [0.3, 0.4) is 0 Å². The molecular formula is C21H19F3N4O2S. The van der Waals surface area contributed by atoms with Crippen LogP contribution in [0.15, 0.2) is 35.7 Å². The van der Waals surface area contributed by atoms with Gasteiger partial charge in [-0.25, -0.2) is 18.2 Å². The van der Waals surface area contributed by atoms with E-state index in [1.54, 1.807) is 10.3 Å². The van der Waals surface area contributed by atoms with E-state index < -0.39 is 29.5 Å². The molecule has 0 saturated carbocycles. The number of piperidine rings is 1. The zero-order valence-electron chi connectivity index (χ0n) is 16.5. The van der Waals surface area contributed by atoms with Gasteiger partial charge in [-0.05, 0) is 30.3 Å². The van der Waals surface area contributed by atoms with E-state index in [1.165, 1.54) is 37.3 Å². The predicted octanol–water partition coefficient (Wildman–Crippen LogP) is 4.27. The Hall–Kier alpha value is -3.14. The van der Waals surface area contributed by atoms with Gasteiger partial charge in [0.05, 0.1) is 21.6 Å². The van der Waals surface area contributed by atoms with Crippen LogP contribution in [0, 0.1) is 11.7 Å². The average molecular weight is 448 g/mol. The quantitative estimate of drug-likeness (QED) is 0.624. The Morgan fingerprint density at radius 1 is 1.29 bits per heavy atom. The largest absolute Gasteiger partial charge is 0.365 e. The second-order valence-corrected chi connectivity index (χ2v) is 8.48. The number of carbonyl (C=O) groups excluding carboxylic acids is 2. The topological polar surface area (TPSA) is 88.3 Å². The summed E-state index contributed by atoms with van der Waals surface area (Å²) in [4.78, 5) is 30.8. The van der Waals surface area contributed by atoms with Crippen LogP contribution in [-0.4, -0.2) is 35.8 Å². The van der Waals surface area contributed by atoms with Crippen molar-refractivity contribution in [3.05, 3.63) is 52.0 Å². The number of carbonyl (C=O) groups is 2. The molecule has 2 amide bonds. The zero-order chi connectivity index (χ0) is 22.3. The van der Waals surface area contributed by atoms with Gasteiger partial charge in [-0.2, -0.15) is 0 Å². The minimum atomic E-state index is -2.79. The van der Waals surface area contributed by atoms with E-state index in [2.05, 4.69) is 10.3 Å². The first-order valence-electron chi connectivity index (χ1n) is 9.57. The fourth-order valence-electron chi connectivity index (χ4n) is 3.55. The number of nitrogens with one attached hydrogen (secondary N) is 1. The monoisotopic (exact) mass is 448 g/mol. The molecule has 3 N–H and O–H groups in total. The van der Waals surface area contributed by atoms with Crippen molar-refractivity contribution in [2.75, 3.05) is 23.3 Å². The molecule has 4 rings (SSSR count). The number of thiophene rings is 1. The van der Waals surface area contributed by atoms with E-state index in [9.17, 15) is 22.8 Å². The molecule has 1 saturated heterocycles. The molecule has 0 bridgehead atoms. The Morgan fingerprint density at radius 3 is 2.74 bits per heavy atom. The number of anilines is 2. The summed E-state index contributed by atoms with van der Waals surface area (Å²) in [6.45, 7) is 1.51. The van der Waals surface area contributed by atoms with Gasteiger partial charge in [0.15, 0.2) is 0 Å². The van der Waals surface area contributed by atoms with Crippen LogP contribution < -0.4 is 16.0 Å². The van der Waals surface area contributed by atoms with Crippen LogP contribution in [0.25, 0.3) is 10.9 Å².